The van der Waals surface area contributed by atoms with Gasteiger partial charge in [-0.3, -0.25) is 9.36 Å². The highest BCUT2D eigenvalue weighted by molar-refractivity contribution is 6.62. The molecule has 1 aliphatic rings. The lowest BCUT2D eigenvalue weighted by Crippen LogP contribution is -2.41. The summed E-state index contributed by atoms with van der Waals surface area (Å²) < 4.78 is 19.1. The molecule has 6 nitrogen and oxygen atoms in total. The molecule has 1 aliphatic heterocycles. The summed E-state index contributed by atoms with van der Waals surface area (Å²) >= 11 is 0. The zero-order chi connectivity index (χ0) is 21.1. The van der Waals surface area contributed by atoms with E-state index in [4.69, 9.17) is 14.0 Å². The van der Waals surface area contributed by atoms with Crippen LogP contribution in [0.25, 0.3) is 10.9 Å². The van der Waals surface area contributed by atoms with Gasteiger partial charge in [-0.05, 0) is 66.9 Å². The lowest BCUT2D eigenvalue weighted by molar-refractivity contribution is 0.00578. The topological polar surface area (TPSA) is 66.8 Å². The van der Waals surface area contributed by atoms with E-state index in [0.717, 1.165) is 5.46 Å². The molecule has 0 unspecified atom stereocenters. The summed E-state index contributed by atoms with van der Waals surface area (Å²) in [5.41, 5.74) is 0.318. The highest BCUT2D eigenvalue weighted by atomic mass is 16.7. The van der Waals surface area contributed by atoms with E-state index in [0.29, 0.717) is 16.5 Å². The molecule has 0 bridgehead atoms. The average Bonchev–Trinajstić information content (AvgIpc) is 3.00. The first kappa shape index (κ1) is 20.6. The number of fused-ring (bicyclic) bond motifs is 1. The van der Waals surface area contributed by atoms with E-state index < -0.39 is 30.0 Å². The van der Waals surface area contributed by atoms with Crippen LogP contribution in [0.2, 0.25) is 0 Å². The highest BCUT2D eigenvalue weighted by Gasteiger charge is 2.51. The number of hydrogen-bond acceptors (Lipinski definition) is 5. The summed E-state index contributed by atoms with van der Waals surface area (Å²) in [6.45, 7) is 14.9. The number of carbonyl (C=O) groups excluding carboxylic acids is 2. The molecule has 2 heterocycles. The van der Waals surface area contributed by atoms with Gasteiger partial charge < -0.3 is 14.0 Å². The Morgan fingerprint density at radius 3 is 2.14 bits per heavy atom. The Morgan fingerprint density at radius 1 is 1.07 bits per heavy atom. The van der Waals surface area contributed by atoms with Gasteiger partial charge in [0.25, 0.3) is 0 Å². The van der Waals surface area contributed by atoms with E-state index in [1.54, 1.807) is 26.8 Å². The average molecular weight is 385 g/mol. The van der Waals surface area contributed by atoms with Crippen LogP contribution < -0.4 is 5.46 Å². The molecule has 2 aromatic rings. The van der Waals surface area contributed by atoms with Gasteiger partial charge in [0.15, 0.2) is 5.78 Å². The normalized spacial score (nSPS) is 18.5. The molecule has 0 atom stereocenters. The maximum absolute atomic E-state index is 12.6. The molecule has 0 radical (unpaired) electrons. The Bertz CT molecular complexity index is 936. The second-order valence-corrected chi connectivity index (χ2v) is 9.31. The van der Waals surface area contributed by atoms with Crippen LogP contribution in [0.5, 0.6) is 0 Å². The maximum atomic E-state index is 12.6. The molecule has 7 heteroatoms. The molecular weight excluding hydrogens is 357 g/mol. The number of nitrogens with zero attached hydrogens (tertiary/aromatic N) is 1. The van der Waals surface area contributed by atoms with Gasteiger partial charge in [-0.25, -0.2) is 4.79 Å². The van der Waals surface area contributed by atoms with Crippen LogP contribution in [0.15, 0.2) is 24.4 Å². The van der Waals surface area contributed by atoms with Gasteiger partial charge in [0.05, 0.1) is 16.7 Å². The molecule has 0 N–H and O–H groups in total. The van der Waals surface area contributed by atoms with Crippen molar-refractivity contribution in [3.8, 4) is 0 Å². The fourth-order valence-corrected chi connectivity index (χ4v) is 3.12. The Balaban J connectivity index is 2.06. The van der Waals surface area contributed by atoms with Crippen molar-refractivity contribution in [1.82, 2.24) is 4.57 Å². The first-order valence-electron chi connectivity index (χ1n) is 9.47. The van der Waals surface area contributed by atoms with Crippen molar-refractivity contribution in [2.45, 2.75) is 72.2 Å². The van der Waals surface area contributed by atoms with Gasteiger partial charge in [-0.15, -0.1) is 0 Å². The quantitative estimate of drug-likeness (QED) is 0.579. The van der Waals surface area contributed by atoms with Gasteiger partial charge in [0, 0.05) is 17.1 Å². The van der Waals surface area contributed by atoms with Gasteiger partial charge in [0.2, 0.25) is 0 Å². The zero-order valence-corrected chi connectivity index (χ0v) is 17.9. The Morgan fingerprint density at radius 2 is 1.64 bits per heavy atom. The molecule has 150 valence electrons. The minimum Gasteiger partial charge on any atom is -0.443 e. The Labute approximate surface area is 166 Å². The zero-order valence-electron chi connectivity index (χ0n) is 17.9. The minimum atomic E-state index is -0.632. The molecular formula is C21H28BNO5. The fraction of sp³-hybridized carbons (Fsp3) is 0.524. The van der Waals surface area contributed by atoms with Crippen LogP contribution in [-0.2, 0) is 14.0 Å². The van der Waals surface area contributed by atoms with E-state index in [-0.39, 0.29) is 5.78 Å². The predicted molar refractivity (Wildman–Crippen MR) is 109 cm³/mol. The predicted octanol–water partition coefficient (Wildman–Crippen LogP) is 3.93. The van der Waals surface area contributed by atoms with Crippen molar-refractivity contribution in [3.63, 3.8) is 0 Å². The summed E-state index contributed by atoms with van der Waals surface area (Å²) in [4.78, 5) is 24.8. The van der Waals surface area contributed by atoms with Crippen molar-refractivity contribution in [2.75, 3.05) is 0 Å². The second kappa shape index (κ2) is 6.46. The SMILES string of the molecule is CC(=O)c1cn(C(=O)OC(C)(C)C)c2ccc(B3OC(C)(C)C(C)(C)O3)cc12. The van der Waals surface area contributed by atoms with Crippen LogP contribution in [-0.4, -0.2) is 40.4 Å². The smallest absolute Gasteiger partial charge is 0.443 e. The first-order chi connectivity index (χ1) is 12.7. The number of rotatable bonds is 2. The van der Waals surface area contributed by atoms with Crippen LogP contribution >= 0.6 is 0 Å². The van der Waals surface area contributed by atoms with Crippen LogP contribution in [0.4, 0.5) is 4.79 Å². The van der Waals surface area contributed by atoms with E-state index in [2.05, 4.69) is 0 Å². The molecule has 0 saturated carbocycles. The monoisotopic (exact) mass is 385 g/mol. The maximum Gasteiger partial charge on any atom is 0.494 e. The molecule has 1 aromatic carbocycles. The fourth-order valence-electron chi connectivity index (χ4n) is 3.12. The van der Waals surface area contributed by atoms with Gasteiger partial charge in [-0.1, -0.05) is 12.1 Å². The third-order valence-electron chi connectivity index (χ3n) is 5.32. The number of ether oxygens (including phenoxy) is 1. The van der Waals surface area contributed by atoms with Gasteiger partial charge >= 0.3 is 13.2 Å². The molecule has 1 aromatic heterocycles. The summed E-state index contributed by atoms with van der Waals surface area (Å²) in [5, 5.41) is 0.672. The number of hydrogen-bond donors (Lipinski definition) is 0. The van der Waals surface area contributed by atoms with Gasteiger partial charge in [0.1, 0.15) is 5.60 Å². The van der Waals surface area contributed by atoms with Crippen LogP contribution in [0.1, 0.15) is 65.7 Å². The number of benzene rings is 1. The van der Waals surface area contributed by atoms with Crippen molar-refractivity contribution in [1.29, 1.82) is 0 Å². The van der Waals surface area contributed by atoms with Crippen molar-refractivity contribution in [3.05, 3.63) is 30.0 Å². The third-order valence-corrected chi connectivity index (χ3v) is 5.32. The van der Waals surface area contributed by atoms with Crippen molar-refractivity contribution >= 4 is 35.4 Å². The van der Waals surface area contributed by atoms with E-state index in [9.17, 15) is 9.59 Å². The number of Topliss-reactive ketones (excluding diaryl/α,β-unsaturated/α-hetero) is 1. The molecule has 3 rings (SSSR count). The highest BCUT2D eigenvalue weighted by Crippen LogP contribution is 2.36. The van der Waals surface area contributed by atoms with E-state index >= 15 is 0 Å². The molecule has 0 aliphatic carbocycles. The molecule has 1 fully saturated rings. The lowest BCUT2D eigenvalue weighted by Gasteiger charge is -2.32. The summed E-state index contributed by atoms with van der Waals surface area (Å²) in [7, 11) is -0.543. The molecule has 0 amide bonds. The van der Waals surface area contributed by atoms with Crippen LogP contribution in [0.3, 0.4) is 0 Å². The third kappa shape index (κ3) is 3.61. The second-order valence-electron chi connectivity index (χ2n) is 9.31. The molecule has 0 spiro atoms. The summed E-state index contributed by atoms with van der Waals surface area (Å²) in [6, 6.07) is 5.51. The number of carbonyl (C=O) groups is 2. The largest absolute Gasteiger partial charge is 0.494 e. The lowest BCUT2D eigenvalue weighted by atomic mass is 9.78. The minimum absolute atomic E-state index is 0.127. The number of aromatic nitrogens is 1. The summed E-state index contributed by atoms with van der Waals surface area (Å²) in [6.07, 6.45) is 1.02. The molecule has 28 heavy (non-hydrogen) atoms. The standard InChI is InChI=1S/C21H28BNO5/c1-13(24)16-12-23(18(25)26-19(2,3)4)17-10-9-14(11-15(16)17)22-27-20(5,6)21(7,8)28-22/h9-12H,1-8H3. The van der Waals surface area contributed by atoms with E-state index in [1.165, 1.54) is 17.7 Å². The summed E-state index contributed by atoms with van der Waals surface area (Å²) in [5.74, 6) is -0.127. The van der Waals surface area contributed by atoms with Crippen molar-refractivity contribution < 1.29 is 23.6 Å². The first-order valence-corrected chi connectivity index (χ1v) is 9.47. The van der Waals surface area contributed by atoms with E-state index in [1.807, 2.05) is 39.8 Å². The molecule has 1 saturated heterocycles. The number of ketones is 1. The van der Waals surface area contributed by atoms with Crippen LogP contribution in [0, 0.1) is 0 Å². The van der Waals surface area contributed by atoms with Crippen molar-refractivity contribution in [2.24, 2.45) is 0 Å². The van der Waals surface area contributed by atoms with Gasteiger partial charge in [-0.2, -0.15) is 0 Å². The Kier molecular flexibility index (Phi) is 4.75. The Hall–Kier alpha value is -2.12.